The van der Waals surface area contributed by atoms with E-state index < -0.39 is 0 Å². The maximum Gasteiger partial charge on any atom is 0.0663 e. The van der Waals surface area contributed by atoms with Crippen LogP contribution in [-0.4, -0.2) is 43.8 Å². The van der Waals surface area contributed by atoms with Gasteiger partial charge in [0.1, 0.15) is 0 Å². The number of hydrogen-bond donors (Lipinski definition) is 1. The molecule has 3 nitrogen and oxygen atoms in total. The van der Waals surface area contributed by atoms with Gasteiger partial charge in [0, 0.05) is 19.7 Å². The molecule has 1 aliphatic heterocycles. The average Bonchev–Trinajstić information content (AvgIpc) is 2.73. The SMILES string of the molecule is CC1CC1CN(C)C1(CN)CCOC1. The lowest BCUT2D eigenvalue weighted by Crippen LogP contribution is -2.53. The standard InChI is InChI=1S/C11H22N2O/c1-9-5-10(9)6-13(2)11(7-12)3-4-14-8-11/h9-10H,3-8,12H2,1-2H3. The summed E-state index contributed by atoms with van der Waals surface area (Å²) in [6, 6.07) is 0. The molecule has 2 rings (SSSR count). The molecule has 82 valence electrons. The molecular formula is C11H22N2O. The molecule has 0 radical (unpaired) electrons. The molecule has 3 unspecified atom stereocenters. The summed E-state index contributed by atoms with van der Waals surface area (Å²) in [6.07, 6.45) is 2.49. The number of rotatable bonds is 4. The van der Waals surface area contributed by atoms with Gasteiger partial charge in [0.2, 0.25) is 0 Å². The highest BCUT2D eigenvalue weighted by Crippen LogP contribution is 2.39. The minimum absolute atomic E-state index is 0.141. The topological polar surface area (TPSA) is 38.5 Å². The fraction of sp³-hybridized carbons (Fsp3) is 1.00. The van der Waals surface area contributed by atoms with Gasteiger partial charge < -0.3 is 10.5 Å². The van der Waals surface area contributed by atoms with Crippen molar-refractivity contribution in [3.8, 4) is 0 Å². The average molecular weight is 198 g/mol. The summed E-state index contributed by atoms with van der Waals surface area (Å²) in [6.45, 7) is 5.95. The lowest BCUT2D eigenvalue weighted by molar-refractivity contribution is 0.0891. The second kappa shape index (κ2) is 3.80. The first-order valence-corrected chi connectivity index (χ1v) is 5.67. The van der Waals surface area contributed by atoms with E-state index in [0.717, 1.165) is 38.0 Å². The van der Waals surface area contributed by atoms with E-state index in [4.69, 9.17) is 10.5 Å². The van der Waals surface area contributed by atoms with Crippen LogP contribution in [0.15, 0.2) is 0 Å². The molecule has 0 aromatic rings. The van der Waals surface area contributed by atoms with Crippen LogP contribution in [0.2, 0.25) is 0 Å². The van der Waals surface area contributed by atoms with Crippen molar-refractivity contribution < 1.29 is 4.74 Å². The third kappa shape index (κ3) is 1.81. The highest BCUT2D eigenvalue weighted by molar-refractivity contribution is 4.96. The van der Waals surface area contributed by atoms with Crippen molar-refractivity contribution in [1.82, 2.24) is 4.90 Å². The van der Waals surface area contributed by atoms with Gasteiger partial charge in [0.05, 0.1) is 12.1 Å². The van der Waals surface area contributed by atoms with E-state index in [0.29, 0.717) is 0 Å². The van der Waals surface area contributed by atoms with Crippen LogP contribution >= 0.6 is 0 Å². The molecule has 1 saturated carbocycles. The van der Waals surface area contributed by atoms with Crippen LogP contribution in [0.1, 0.15) is 19.8 Å². The largest absolute Gasteiger partial charge is 0.379 e. The second-order valence-corrected chi connectivity index (χ2v) is 5.08. The highest BCUT2D eigenvalue weighted by atomic mass is 16.5. The molecule has 0 amide bonds. The molecule has 2 fully saturated rings. The molecule has 0 bridgehead atoms. The molecule has 1 saturated heterocycles. The molecule has 0 spiro atoms. The number of hydrogen-bond acceptors (Lipinski definition) is 3. The van der Waals surface area contributed by atoms with E-state index in [-0.39, 0.29) is 5.54 Å². The monoisotopic (exact) mass is 198 g/mol. The summed E-state index contributed by atoms with van der Waals surface area (Å²) in [7, 11) is 2.20. The zero-order valence-electron chi connectivity index (χ0n) is 9.33. The van der Waals surface area contributed by atoms with Gasteiger partial charge >= 0.3 is 0 Å². The number of nitrogens with two attached hydrogens (primary N) is 1. The summed E-state index contributed by atoms with van der Waals surface area (Å²) < 4.78 is 5.48. The van der Waals surface area contributed by atoms with Crippen molar-refractivity contribution in [2.75, 3.05) is 33.4 Å². The molecule has 2 N–H and O–H groups in total. The van der Waals surface area contributed by atoms with E-state index in [1.807, 2.05) is 0 Å². The van der Waals surface area contributed by atoms with Gasteiger partial charge in [-0.2, -0.15) is 0 Å². The predicted molar refractivity (Wildman–Crippen MR) is 57.1 cm³/mol. The zero-order chi connectivity index (χ0) is 10.2. The Morgan fingerprint density at radius 2 is 2.29 bits per heavy atom. The maximum absolute atomic E-state index is 5.88. The Balaban J connectivity index is 1.90. The molecule has 0 aromatic heterocycles. The Morgan fingerprint density at radius 3 is 2.71 bits per heavy atom. The Morgan fingerprint density at radius 1 is 1.57 bits per heavy atom. The van der Waals surface area contributed by atoms with Crippen LogP contribution in [0.25, 0.3) is 0 Å². The predicted octanol–water partition coefficient (Wildman–Crippen LogP) is 0.692. The fourth-order valence-electron chi connectivity index (χ4n) is 2.41. The summed E-state index contributed by atoms with van der Waals surface area (Å²) in [5.74, 6) is 1.83. The first kappa shape index (κ1) is 10.4. The van der Waals surface area contributed by atoms with Gasteiger partial charge in [-0.3, -0.25) is 4.90 Å². The molecule has 1 aliphatic carbocycles. The summed E-state index contributed by atoms with van der Waals surface area (Å²) in [4.78, 5) is 2.44. The second-order valence-electron chi connectivity index (χ2n) is 5.08. The molecule has 0 aromatic carbocycles. The van der Waals surface area contributed by atoms with Crippen LogP contribution < -0.4 is 5.73 Å². The van der Waals surface area contributed by atoms with Gasteiger partial charge in [-0.15, -0.1) is 0 Å². The summed E-state index contributed by atoms with van der Waals surface area (Å²) >= 11 is 0. The maximum atomic E-state index is 5.88. The van der Waals surface area contributed by atoms with Crippen molar-refractivity contribution >= 4 is 0 Å². The molecule has 3 atom stereocenters. The Hall–Kier alpha value is -0.120. The van der Waals surface area contributed by atoms with E-state index >= 15 is 0 Å². The third-order valence-corrected chi connectivity index (χ3v) is 4.06. The van der Waals surface area contributed by atoms with Crippen molar-refractivity contribution in [2.24, 2.45) is 17.6 Å². The normalized spacial score (nSPS) is 42.0. The minimum atomic E-state index is 0.141. The van der Waals surface area contributed by atoms with Crippen molar-refractivity contribution in [1.29, 1.82) is 0 Å². The zero-order valence-corrected chi connectivity index (χ0v) is 9.33. The van der Waals surface area contributed by atoms with Crippen molar-refractivity contribution in [3.05, 3.63) is 0 Å². The molecular weight excluding hydrogens is 176 g/mol. The molecule has 1 heterocycles. The molecule has 3 heteroatoms. The van der Waals surface area contributed by atoms with Gasteiger partial charge in [0.15, 0.2) is 0 Å². The summed E-state index contributed by atoms with van der Waals surface area (Å²) in [5.41, 5.74) is 6.02. The highest BCUT2D eigenvalue weighted by Gasteiger charge is 2.41. The van der Waals surface area contributed by atoms with Crippen LogP contribution in [0.5, 0.6) is 0 Å². The van der Waals surface area contributed by atoms with E-state index in [9.17, 15) is 0 Å². The van der Waals surface area contributed by atoms with E-state index in [1.165, 1.54) is 13.0 Å². The lowest BCUT2D eigenvalue weighted by atomic mass is 9.96. The van der Waals surface area contributed by atoms with Gasteiger partial charge in [-0.25, -0.2) is 0 Å². The van der Waals surface area contributed by atoms with Gasteiger partial charge in [-0.1, -0.05) is 6.92 Å². The van der Waals surface area contributed by atoms with Gasteiger partial charge in [0.25, 0.3) is 0 Å². The Bertz CT molecular complexity index is 201. The summed E-state index contributed by atoms with van der Waals surface area (Å²) in [5, 5.41) is 0. The molecule has 14 heavy (non-hydrogen) atoms. The number of nitrogens with zero attached hydrogens (tertiary/aromatic N) is 1. The number of ether oxygens (including phenoxy) is 1. The fourth-order valence-corrected chi connectivity index (χ4v) is 2.41. The Kier molecular flexibility index (Phi) is 2.82. The third-order valence-electron chi connectivity index (χ3n) is 4.06. The van der Waals surface area contributed by atoms with Crippen LogP contribution in [0.4, 0.5) is 0 Å². The first-order chi connectivity index (χ1) is 6.68. The van der Waals surface area contributed by atoms with Crippen LogP contribution in [0, 0.1) is 11.8 Å². The van der Waals surface area contributed by atoms with E-state index in [2.05, 4.69) is 18.9 Å². The quantitative estimate of drug-likeness (QED) is 0.722. The lowest BCUT2D eigenvalue weighted by Gasteiger charge is -2.36. The van der Waals surface area contributed by atoms with Crippen molar-refractivity contribution in [3.63, 3.8) is 0 Å². The molecule has 2 aliphatic rings. The first-order valence-electron chi connectivity index (χ1n) is 5.67. The van der Waals surface area contributed by atoms with Crippen molar-refractivity contribution in [2.45, 2.75) is 25.3 Å². The number of likely N-dealkylation sites (N-methyl/N-ethyl adjacent to an activating group) is 1. The van der Waals surface area contributed by atoms with Crippen LogP contribution in [0.3, 0.4) is 0 Å². The van der Waals surface area contributed by atoms with E-state index in [1.54, 1.807) is 0 Å². The smallest absolute Gasteiger partial charge is 0.0663 e. The Labute approximate surface area is 86.6 Å². The van der Waals surface area contributed by atoms with Crippen LogP contribution in [-0.2, 0) is 4.74 Å². The van der Waals surface area contributed by atoms with Gasteiger partial charge in [-0.05, 0) is 31.7 Å². The minimum Gasteiger partial charge on any atom is -0.379 e.